The number of rotatable bonds is 2. The summed E-state index contributed by atoms with van der Waals surface area (Å²) in [6.45, 7) is 2.53. The second-order valence-corrected chi connectivity index (χ2v) is 2.64. The highest BCUT2D eigenvalue weighted by molar-refractivity contribution is 6.33. The van der Waals surface area contributed by atoms with Crippen LogP contribution in [0.1, 0.15) is 17.4 Å². The van der Waals surface area contributed by atoms with E-state index in [9.17, 15) is 4.79 Å². The Labute approximate surface area is 75.5 Å². The molecular weight excluding hydrogens is 178 g/mol. The van der Waals surface area contributed by atoms with Crippen LogP contribution >= 0.6 is 11.6 Å². The molecule has 0 bridgehead atoms. The van der Waals surface area contributed by atoms with E-state index in [2.05, 4.69) is 10.4 Å². The zero-order chi connectivity index (χ0) is 9.14. The van der Waals surface area contributed by atoms with Crippen molar-refractivity contribution < 1.29 is 4.79 Å². The topological polar surface area (TPSA) is 46.9 Å². The summed E-state index contributed by atoms with van der Waals surface area (Å²) in [6.07, 6.45) is 1.47. The maximum atomic E-state index is 11.2. The minimum absolute atomic E-state index is 0.209. The molecule has 1 aromatic rings. The van der Waals surface area contributed by atoms with E-state index in [0.717, 1.165) is 0 Å². The summed E-state index contributed by atoms with van der Waals surface area (Å²) in [5, 5.41) is 6.81. The number of hydrogen-bond donors (Lipinski definition) is 1. The van der Waals surface area contributed by atoms with E-state index >= 15 is 0 Å². The summed E-state index contributed by atoms with van der Waals surface area (Å²) in [4.78, 5) is 11.2. The molecule has 12 heavy (non-hydrogen) atoms. The number of nitrogens with zero attached hydrogens (tertiary/aromatic N) is 2. The highest BCUT2D eigenvalue weighted by Crippen LogP contribution is 2.14. The number of nitrogens with one attached hydrogen (secondary N) is 1. The Bertz CT molecular complexity index is 295. The molecular formula is C7H10ClN3O. The Morgan fingerprint density at radius 1 is 1.83 bits per heavy atom. The van der Waals surface area contributed by atoms with Crippen molar-refractivity contribution in [2.45, 2.75) is 13.5 Å². The fourth-order valence-corrected chi connectivity index (χ4v) is 1.17. The maximum Gasteiger partial charge on any atom is 0.270 e. The molecule has 1 rings (SSSR count). The summed E-state index contributed by atoms with van der Waals surface area (Å²) >= 11 is 5.75. The van der Waals surface area contributed by atoms with E-state index in [1.807, 2.05) is 6.92 Å². The summed E-state index contributed by atoms with van der Waals surface area (Å²) in [6, 6.07) is 0. The van der Waals surface area contributed by atoms with Crippen LogP contribution in [0.25, 0.3) is 0 Å². The van der Waals surface area contributed by atoms with Gasteiger partial charge in [0.1, 0.15) is 5.69 Å². The summed E-state index contributed by atoms with van der Waals surface area (Å²) in [5.41, 5.74) is 0.418. The monoisotopic (exact) mass is 187 g/mol. The average Bonchev–Trinajstić information content (AvgIpc) is 2.45. The van der Waals surface area contributed by atoms with E-state index < -0.39 is 0 Å². The zero-order valence-corrected chi connectivity index (χ0v) is 7.72. The van der Waals surface area contributed by atoms with Gasteiger partial charge in [-0.05, 0) is 6.92 Å². The molecule has 5 heteroatoms. The molecule has 0 saturated heterocycles. The van der Waals surface area contributed by atoms with E-state index in [1.54, 1.807) is 11.7 Å². The standard InChI is InChI=1S/C7H10ClN3O/c1-3-11-6(7(12)9-2)5(8)4-10-11/h4H,3H2,1-2H3,(H,9,12). The molecule has 1 heterocycles. The molecule has 1 N–H and O–H groups in total. The van der Waals surface area contributed by atoms with Gasteiger partial charge in [0, 0.05) is 13.6 Å². The normalized spacial score (nSPS) is 9.92. The Morgan fingerprint density at radius 2 is 2.50 bits per heavy atom. The van der Waals surface area contributed by atoms with Gasteiger partial charge >= 0.3 is 0 Å². The van der Waals surface area contributed by atoms with E-state index in [0.29, 0.717) is 17.3 Å². The SMILES string of the molecule is CCn1ncc(Cl)c1C(=O)NC. The number of aromatic nitrogens is 2. The lowest BCUT2D eigenvalue weighted by atomic mass is 10.4. The molecule has 66 valence electrons. The van der Waals surface area contributed by atoms with E-state index in [1.165, 1.54) is 6.20 Å². The first kappa shape index (κ1) is 9.06. The van der Waals surface area contributed by atoms with Crippen LogP contribution in [0.2, 0.25) is 5.02 Å². The second-order valence-electron chi connectivity index (χ2n) is 2.24. The number of amides is 1. The first-order valence-corrected chi connectivity index (χ1v) is 4.01. The third-order valence-electron chi connectivity index (χ3n) is 1.54. The van der Waals surface area contributed by atoms with Crippen molar-refractivity contribution in [2.24, 2.45) is 0 Å². The lowest BCUT2D eigenvalue weighted by Crippen LogP contribution is -2.22. The Morgan fingerprint density at radius 3 is 3.00 bits per heavy atom. The smallest absolute Gasteiger partial charge is 0.270 e. The van der Waals surface area contributed by atoms with Crippen LogP contribution in [0.5, 0.6) is 0 Å². The van der Waals surface area contributed by atoms with Crippen molar-refractivity contribution in [3.05, 3.63) is 16.9 Å². The molecule has 0 fully saturated rings. The lowest BCUT2D eigenvalue weighted by Gasteiger charge is -2.02. The van der Waals surface area contributed by atoms with Crippen LogP contribution in [0.4, 0.5) is 0 Å². The summed E-state index contributed by atoms with van der Waals surface area (Å²) < 4.78 is 1.56. The van der Waals surface area contributed by atoms with Gasteiger partial charge in [0.05, 0.1) is 11.2 Å². The highest BCUT2D eigenvalue weighted by atomic mass is 35.5. The highest BCUT2D eigenvalue weighted by Gasteiger charge is 2.14. The molecule has 0 spiro atoms. The van der Waals surface area contributed by atoms with Gasteiger partial charge in [0.25, 0.3) is 5.91 Å². The number of halogens is 1. The summed E-state index contributed by atoms with van der Waals surface area (Å²) in [7, 11) is 1.56. The van der Waals surface area contributed by atoms with Gasteiger partial charge in [-0.25, -0.2) is 0 Å². The van der Waals surface area contributed by atoms with Gasteiger partial charge in [-0.2, -0.15) is 5.10 Å². The van der Waals surface area contributed by atoms with Crippen molar-refractivity contribution in [1.29, 1.82) is 0 Å². The first-order valence-electron chi connectivity index (χ1n) is 3.64. The van der Waals surface area contributed by atoms with E-state index in [-0.39, 0.29) is 5.91 Å². The fourth-order valence-electron chi connectivity index (χ4n) is 0.946. The lowest BCUT2D eigenvalue weighted by molar-refractivity contribution is 0.0952. The van der Waals surface area contributed by atoms with Gasteiger partial charge < -0.3 is 5.32 Å². The number of carbonyl (C=O) groups excluding carboxylic acids is 1. The van der Waals surface area contributed by atoms with Crippen LogP contribution in [0, 0.1) is 0 Å². The quantitative estimate of drug-likeness (QED) is 0.749. The molecule has 0 radical (unpaired) electrons. The largest absolute Gasteiger partial charge is 0.354 e. The van der Waals surface area contributed by atoms with Crippen LogP contribution in [-0.4, -0.2) is 22.7 Å². The third kappa shape index (κ3) is 1.43. The molecule has 0 atom stereocenters. The van der Waals surface area contributed by atoms with Crippen molar-refractivity contribution in [3.8, 4) is 0 Å². The zero-order valence-electron chi connectivity index (χ0n) is 6.97. The van der Waals surface area contributed by atoms with Gasteiger partial charge in [0.2, 0.25) is 0 Å². The van der Waals surface area contributed by atoms with Crippen LogP contribution in [0.3, 0.4) is 0 Å². The minimum atomic E-state index is -0.209. The fraction of sp³-hybridized carbons (Fsp3) is 0.429. The molecule has 1 aromatic heterocycles. The van der Waals surface area contributed by atoms with Crippen molar-refractivity contribution in [1.82, 2.24) is 15.1 Å². The van der Waals surface area contributed by atoms with Crippen LogP contribution in [-0.2, 0) is 6.54 Å². The molecule has 0 aliphatic carbocycles. The van der Waals surface area contributed by atoms with Gasteiger partial charge in [0.15, 0.2) is 0 Å². The van der Waals surface area contributed by atoms with Gasteiger partial charge in [-0.15, -0.1) is 0 Å². The molecule has 4 nitrogen and oxygen atoms in total. The van der Waals surface area contributed by atoms with Gasteiger partial charge in [-0.3, -0.25) is 9.48 Å². The second kappa shape index (κ2) is 3.58. The number of aryl methyl sites for hydroxylation is 1. The molecule has 0 saturated carbocycles. The predicted octanol–water partition coefficient (Wildman–Crippen LogP) is 0.916. The van der Waals surface area contributed by atoms with Crippen LogP contribution in [0.15, 0.2) is 6.20 Å². The predicted molar refractivity (Wildman–Crippen MR) is 46.3 cm³/mol. The molecule has 1 amide bonds. The maximum absolute atomic E-state index is 11.2. The van der Waals surface area contributed by atoms with Crippen molar-refractivity contribution in [2.75, 3.05) is 7.05 Å². The minimum Gasteiger partial charge on any atom is -0.354 e. The Hall–Kier alpha value is -1.03. The first-order chi connectivity index (χ1) is 5.70. The van der Waals surface area contributed by atoms with Gasteiger partial charge in [-0.1, -0.05) is 11.6 Å². The summed E-state index contributed by atoms with van der Waals surface area (Å²) in [5.74, 6) is -0.209. The van der Waals surface area contributed by atoms with E-state index in [4.69, 9.17) is 11.6 Å². The average molecular weight is 188 g/mol. The number of hydrogen-bond acceptors (Lipinski definition) is 2. The molecule has 0 aromatic carbocycles. The number of carbonyl (C=O) groups is 1. The molecule has 0 aliphatic heterocycles. The van der Waals surface area contributed by atoms with Crippen molar-refractivity contribution >= 4 is 17.5 Å². The Balaban J connectivity index is 3.10. The molecule has 0 aliphatic rings. The van der Waals surface area contributed by atoms with Crippen molar-refractivity contribution in [3.63, 3.8) is 0 Å². The third-order valence-corrected chi connectivity index (χ3v) is 1.81. The van der Waals surface area contributed by atoms with Crippen LogP contribution < -0.4 is 5.32 Å². The molecule has 0 unspecified atom stereocenters. The Kier molecular flexibility index (Phi) is 2.70.